The third-order valence-electron chi connectivity index (χ3n) is 3.11. The largest absolute Gasteiger partial charge is 0.379 e. The van der Waals surface area contributed by atoms with E-state index < -0.39 is 0 Å². The van der Waals surface area contributed by atoms with Crippen molar-refractivity contribution in [1.29, 1.82) is 0 Å². The van der Waals surface area contributed by atoms with Crippen LogP contribution in [0.4, 0.5) is 11.6 Å². The number of aromatic nitrogens is 1. The third-order valence-corrected chi connectivity index (χ3v) is 3.69. The second-order valence-corrected chi connectivity index (χ2v) is 5.88. The van der Waals surface area contributed by atoms with Crippen LogP contribution in [0.5, 0.6) is 0 Å². The molecule has 4 nitrogen and oxygen atoms in total. The molecule has 1 fully saturated rings. The van der Waals surface area contributed by atoms with E-state index in [0.29, 0.717) is 28.3 Å². The standard InChI is InChI=1S/C13H19Cl2N3O/c1-3-5-16-11-9(14)7-10(15)12(17-11)18-13(2)4-6-19-8-13/h7H,3-6,8H2,1-2H3,(H2,16,17,18). The van der Waals surface area contributed by atoms with E-state index in [2.05, 4.69) is 29.5 Å². The van der Waals surface area contributed by atoms with Crippen LogP contribution in [0.3, 0.4) is 0 Å². The van der Waals surface area contributed by atoms with Gasteiger partial charge in [0.1, 0.15) is 11.6 Å². The fourth-order valence-corrected chi connectivity index (χ4v) is 2.45. The molecule has 1 aliphatic rings. The second-order valence-electron chi connectivity index (χ2n) is 5.06. The van der Waals surface area contributed by atoms with Crippen LogP contribution < -0.4 is 10.6 Å². The van der Waals surface area contributed by atoms with Crippen molar-refractivity contribution in [3.8, 4) is 0 Å². The van der Waals surface area contributed by atoms with Gasteiger partial charge in [-0.3, -0.25) is 0 Å². The summed E-state index contributed by atoms with van der Waals surface area (Å²) < 4.78 is 5.42. The molecule has 2 N–H and O–H groups in total. The average molecular weight is 304 g/mol. The van der Waals surface area contributed by atoms with Gasteiger partial charge in [0, 0.05) is 13.2 Å². The molecule has 2 heterocycles. The van der Waals surface area contributed by atoms with Gasteiger partial charge in [-0.2, -0.15) is 0 Å². The predicted molar refractivity (Wildman–Crippen MR) is 80.5 cm³/mol. The molecule has 1 aromatic heterocycles. The summed E-state index contributed by atoms with van der Waals surface area (Å²) in [6.45, 7) is 6.44. The van der Waals surface area contributed by atoms with Gasteiger partial charge in [-0.1, -0.05) is 30.1 Å². The van der Waals surface area contributed by atoms with Crippen molar-refractivity contribution in [3.63, 3.8) is 0 Å². The fourth-order valence-electron chi connectivity index (χ4n) is 1.97. The maximum atomic E-state index is 6.20. The van der Waals surface area contributed by atoms with Gasteiger partial charge < -0.3 is 15.4 Å². The zero-order chi connectivity index (χ0) is 13.9. The van der Waals surface area contributed by atoms with Crippen LogP contribution >= 0.6 is 23.2 Å². The fraction of sp³-hybridized carbons (Fsp3) is 0.615. The maximum Gasteiger partial charge on any atom is 0.147 e. The van der Waals surface area contributed by atoms with Crippen molar-refractivity contribution >= 4 is 34.8 Å². The first kappa shape index (κ1) is 14.7. The molecule has 106 valence electrons. The Labute approximate surface area is 123 Å². The lowest BCUT2D eigenvalue weighted by Gasteiger charge is -2.25. The number of hydrogen-bond donors (Lipinski definition) is 2. The van der Waals surface area contributed by atoms with Gasteiger partial charge >= 0.3 is 0 Å². The van der Waals surface area contributed by atoms with Gasteiger partial charge in [-0.15, -0.1) is 0 Å². The summed E-state index contributed by atoms with van der Waals surface area (Å²) in [5.74, 6) is 1.32. The molecule has 1 atom stereocenters. The van der Waals surface area contributed by atoms with E-state index in [-0.39, 0.29) is 5.54 Å². The Morgan fingerprint density at radius 1 is 1.37 bits per heavy atom. The number of rotatable bonds is 5. The summed E-state index contributed by atoms with van der Waals surface area (Å²) >= 11 is 12.3. The number of hydrogen-bond acceptors (Lipinski definition) is 4. The van der Waals surface area contributed by atoms with Crippen molar-refractivity contribution in [1.82, 2.24) is 4.98 Å². The van der Waals surface area contributed by atoms with E-state index in [1.807, 2.05) is 0 Å². The third kappa shape index (κ3) is 3.65. The van der Waals surface area contributed by atoms with Crippen LogP contribution in [0.25, 0.3) is 0 Å². The molecule has 1 aromatic rings. The highest BCUT2D eigenvalue weighted by atomic mass is 35.5. The van der Waals surface area contributed by atoms with E-state index in [1.165, 1.54) is 0 Å². The number of nitrogens with one attached hydrogen (secondary N) is 2. The molecular formula is C13H19Cl2N3O. The van der Waals surface area contributed by atoms with Crippen LogP contribution in [0.15, 0.2) is 6.07 Å². The molecule has 0 spiro atoms. The van der Waals surface area contributed by atoms with Crippen molar-refractivity contribution in [2.75, 3.05) is 30.4 Å². The van der Waals surface area contributed by atoms with Crippen LogP contribution in [0.2, 0.25) is 10.0 Å². The predicted octanol–water partition coefficient (Wildman–Crippen LogP) is 3.80. The Kier molecular flexibility index (Phi) is 4.76. The Morgan fingerprint density at radius 2 is 2.11 bits per heavy atom. The normalized spacial score (nSPS) is 22.5. The van der Waals surface area contributed by atoms with Crippen molar-refractivity contribution in [3.05, 3.63) is 16.1 Å². The molecule has 0 saturated carbocycles. The van der Waals surface area contributed by atoms with Gasteiger partial charge in [0.2, 0.25) is 0 Å². The van der Waals surface area contributed by atoms with Gasteiger partial charge in [-0.05, 0) is 25.8 Å². The molecule has 1 aliphatic heterocycles. The average Bonchev–Trinajstić information content (AvgIpc) is 2.78. The molecule has 0 aromatic carbocycles. The molecule has 1 unspecified atom stereocenters. The quantitative estimate of drug-likeness (QED) is 0.868. The minimum Gasteiger partial charge on any atom is -0.379 e. The zero-order valence-electron chi connectivity index (χ0n) is 11.2. The van der Waals surface area contributed by atoms with E-state index in [4.69, 9.17) is 27.9 Å². The maximum absolute atomic E-state index is 6.20. The molecule has 2 rings (SSSR count). The van der Waals surface area contributed by atoms with E-state index in [9.17, 15) is 0 Å². The Balaban J connectivity index is 2.19. The molecule has 0 aliphatic carbocycles. The molecule has 1 saturated heterocycles. The topological polar surface area (TPSA) is 46.2 Å². The van der Waals surface area contributed by atoms with E-state index in [0.717, 1.165) is 26.0 Å². The molecular weight excluding hydrogens is 285 g/mol. The lowest BCUT2D eigenvalue weighted by molar-refractivity contribution is 0.185. The van der Waals surface area contributed by atoms with E-state index in [1.54, 1.807) is 6.07 Å². The van der Waals surface area contributed by atoms with E-state index >= 15 is 0 Å². The molecule has 19 heavy (non-hydrogen) atoms. The van der Waals surface area contributed by atoms with Gasteiger partial charge in [0.05, 0.1) is 22.2 Å². The summed E-state index contributed by atoms with van der Waals surface area (Å²) in [6.07, 6.45) is 1.94. The highest BCUT2D eigenvalue weighted by Gasteiger charge is 2.30. The molecule has 0 bridgehead atoms. The summed E-state index contributed by atoms with van der Waals surface area (Å²) in [4.78, 5) is 4.48. The summed E-state index contributed by atoms with van der Waals surface area (Å²) in [6, 6.07) is 1.72. The van der Waals surface area contributed by atoms with Crippen LogP contribution in [-0.4, -0.2) is 30.3 Å². The molecule has 0 amide bonds. The number of halogens is 2. The smallest absolute Gasteiger partial charge is 0.147 e. The highest BCUT2D eigenvalue weighted by molar-refractivity contribution is 6.37. The first-order chi connectivity index (χ1) is 9.04. The minimum atomic E-state index is -0.119. The SMILES string of the molecule is CCCNc1nc(NC2(C)CCOC2)c(Cl)cc1Cl. The number of nitrogens with zero attached hydrogens (tertiary/aromatic N) is 1. The van der Waals surface area contributed by atoms with Crippen molar-refractivity contribution in [2.24, 2.45) is 0 Å². The summed E-state index contributed by atoms with van der Waals surface area (Å²) in [5, 5.41) is 7.62. The molecule has 0 radical (unpaired) electrons. The zero-order valence-corrected chi connectivity index (χ0v) is 12.7. The summed E-state index contributed by atoms with van der Waals surface area (Å²) in [7, 11) is 0. The van der Waals surface area contributed by atoms with Crippen LogP contribution in [0.1, 0.15) is 26.7 Å². The monoisotopic (exact) mass is 303 g/mol. The van der Waals surface area contributed by atoms with Crippen molar-refractivity contribution in [2.45, 2.75) is 32.2 Å². The van der Waals surface area contributed by atoms with Gasteiger partial charge in [0.25, 0.3) is 0 Å². The Morgan fingerprint density at radius 3 is 2.74 bits per heavy atom. The first-order valence-corrected chi connectivity index (χ1v) is 7.25. The highest BCUT2D eigenvalue weighted by Crippen LogP contribution is 2.32. The Hall–Kier alpha value is -0.710. The molecule has 6 heteroatoms. The number of ether oxygens (including phenoxy) is 1. The lowest BCUT2D eigenvalue weighted by atomic mass is 10.0. The number of anilines is 2. The second kappa shape index (κ2) is 6.16. The first-order valence-electron chi connectivity index (χ1n) is 6.50. The lowest BCUT2D eigenvalue weighted by Crippen LogP contribution is -2.35. The van der Waals surface area contributed by atoms with Gasteiger partial charge in [0.15, 0.2) is 0 Å². The Bertz CT molecular complexity index is 448. The van der Waals surface area contributed by atoms with Crippen LogP contribution in [-0.2, 0) is 4.74 Å². The number of pyridine rings is 1. The minimum absolute atomic E-state index is 0.119. The van der Waals surface area contributed by atoms with Crippen LogP contribution in [0, 0.1) is 0 Å². The van der Waals surface area contributed by atoms with Crippen molar-refractivity contribution < 1.29 is 4.74 Å². The summed E-state index contributed by atoms with van der Waals surface area (Å²) in [5.41, 5.74) is -0.119. The van der Waals surface area contributed by atoms with Gasteiger partial charge in [-0.25, -0.2) is 4.98 Å².